The third-order valence-electron chi connectivity index (χ3n) is 6.14. The summed E-state index contributed by atoms with van der Waals surface area (Å²) >= 11 is 0. The van der Waals surface area contributed by atoms with E-state index in [1.165, 1.54) is 24.0 Å². The van der Waals surface area contributed by atoms with Gasteiger partial charge in [0.2, 0.25) is 15.7 Å². The molecular weight excluding hydrogens is 402 g/mol. The normalized spacial score (nSPS) is 21.9. The van der Waals surface area contributed by atoms with Crippen LogP contribution in [0, 0.1) is 0 Å². The van der Waals surface area contributed by atoms with E-state index in [0.29, 0.717) is 5.69 Å². The van der Waals surface area contributed by atoms with Crippen molar-refractivity contribution in [3.8, 4) is 0 Å². The van der Waals surface area contributed by atoms with E-state index in [9.17, 15) is 13.2 Å². The standard InChI is InChI=1S/C23H29NO5S/c1-17(25)24(2)19-8-10-21(11-9-19)30(26,27)22-7-5-6-18(16-22)23(29-4)14-12-20(28-3)13-15-23/h5-11,16,20H,12-15H2,1-4H3. The first-order chi connectivity index (χ1) is 14.2. The van der Waals surface area contributed by atoms with Crippen LogP contribution in [0.1, 0.15) is 38.2 Å². The van der Waals surface area contributed by atoms with Crippen LogP contribution >= 0.6 is 0 Å². The van der Waals surface area contributed by atoms with E-state index in [2.05, 4.69) is 0 Å². The Labute approximate surface area is 178 Å². The summed E-state index contributed by atoms with van der Waals surface area (Å²) in [7, 11) is 1.35. The summed E-state index contributed by atoms with van der Waals surface area (Å²) in [5.41, 5.74) is 1.01. The first-order valence-electron chi connectivity index (χ1n) is 10.0. The summed E-state index contributed by atoms with van der Waals surface area (Å²) in [4.78, 5) is 13.4. The van der Waals surface area contributed by atoms with Crippen molar-refractivity contribution in [1.29, 1.82) is 0 Å². The molecule has 1 aliphatic carbocycles. The second-order valence-corrected chi connectivity index (χ2v) is 9.69. The fraction of sp³-hybridized carbons (Fsp3) is 0.435. The van der Waals surface area contributed by atoms with Gasteiger partial charge >= 0.3 is 0 Å². The van der Waals surface area contributed by atoms with Crippen molar-refractivity contribution in [1.82, 2.24) is 0 Å². The molecule has 0 unspecified atom stereocenters. The average molecular weight is 432 g/mol. The SMILES string of the molecule is COC1CCC(OC)(c2cccc(S(=O)(=O)c3ccc(N(C)C(C)=O)cc3)c2)CC1. The number of rotatable bonds is 6. The molecule has 0 bridgehead atoms. The van der Waals surface area contributed by atoms with Crippen LogP contribution in [-0.4, -0.2) is 41.7 Å². The van der Waals surface area contributed by atoms with Gasteiger partial charge in [-0.2, -0.15) is 0 Å². The second kappa shape index (κ2) is 8.88. The number of benzene rings is 2. The lowest BCUT2D eigenvalue weighted by Gasteiger charge is -2.39. The van der Waals surface area contributed by atoms with E-state index in [-0.39, 0.29) is 21.8 Å². The van der Waals surface area contributed by atoms with Crippen LogP contribution in [0.2, 0.25) is 0 Å². The van der Waals surface area contributed by atoms with Gasteiger partial charge in [0.1, 0.15) is 0 Å². The van der Waals surface area contributed by atoms with Gasteiger partial charge in [0.15, 0.2) is 0 Å². The van der Waals surface area contributed by atoms with Crippen LogP contribution in [0.15, 0.2) is 58.3 Å². The van der Waals surface area contributed by atoms with Crippen molar-refractivity contribution >= 4 is 21.4 Å². The van der Waals surface area contributed by atoms with E-state index >= 15 is 0 Å². The highest BCUT2D eigenvalue weighted by Crippen LogP contribution is 2.41. The minimum Gasteiger partial charge on any atom is -0.381 e. The van der Waals surface area contributed by atoms with Crippen molar-refractivity contribution in [2.75, 3.05) is 26.2 Å². The van der Waals surface area contributed by atoms with E-state index in [4.69, 9.17) is 9.47 Å². The van der Waals surface area contributed by atoms with Gasteiger partial charge in [0.25, 0.3) is 0 Å². The second-order valence-electron chi connectivity index (χ2n) is 7.74. The Morgan fingerprint density at radius 3 is 2.20 bits per heavy atom. The smallest absolute Gasteiger partial charge is 0.223 e. The van der Waals surface area contributed by atoms with Gasteiger partial charge in [-0.05, 0) is 67.6 Å². The topological polar surface area (TPSA) is 72.9 Å². The van der Waals surface area contributed by atoms with Gasteiger partial charge in [0.05, 0.1) is 21.5 Å². The minimum absolute atomic E-state index is 0.119. The predicted octanol–water partition coefficient (Wildman–Crippen LogP) is 3.93. The Bertz CT molecular complexity index is 993. The van der Waals surface area contributed by atoms with Gasteiger partial charge in [-0.15, -0.1) is 0 Å². The maximum atomic E-state index is 13.2. The van der Waals surface area contributed by atoms with Gasteiger partial charge < -0.3 is 14.4 Å². The predicted molar refractivity (Wildman–Crippen MR) is 115 cm³/mol. The molecule has 162 valence electrons. The molecule has 7 heteroatoms. The lowest BCUT2D eigenvalue weighted by Crippen LogP contribution is -2.36. The van der Waals surface area contributed by atoms with Crippen molar-refractivity contribution in [2.24, 2.45) is 0 Å². The van der Waals surface area contributed by atoms with Crippen molar-refractivity contribution in [3.05, 3.63) is 54.1 Å². The molecule has 1 amide bonds. The molecule has 0 spiro atoms. The fourth-order valence-corrected chi connectivity index (χ4v) is 5.32. The lowest BCUT2D eigenvalue weighted by molar-refractivity contribution is -0.116. The third-order valence-corrected chi connectivity index (χ3v) is 7.91. The fourth-order valence-electron chi connectivity index (χ4n) is 4.02. The summed E-state index contributed by atoms with van der Waals surface area (Å²) < 4.78 is 37.8. The molecule has 0 N–H and O–H groups in total. The van der Waals surface area contributed by atoms with Gasteiger partial charge in [0, 0.05) is 33.9 Å². The Hall–Kier alpha value is -2.22. The summed E-state index contributed by atoms with van der Waals surface area (Å²) in [6.07, 6.45) is 3.50. The number of carbonyl (C=O) groups is 1. The maximum Gasteiger partial charge on any atom is 0.223 e. The van der Waals surface area contributed by atoms with Gasteiger partial charge in [-0.3, -0.25) is 4.79 Å². The molecule has 3 rings (SSSR count). The first-order valence-corrected chi connectivity index (χ1v) is 11.5. The molecule has 1 fully saturated rings. The number of hydrogen-bond donors (Lipinski definition) is 0. The summed E-state index contributed by atoms with van der Waals surface area (Å²) in [6, 6.07) is 13.4. The number of hydrogen-bond acceptors (Lipinski definition) is 5. The monoisotopic (exact) mass is 431 g/mol. The quantitative estimate of drug-likeness (QED) is 0.693. The molecular formula is C23H29NO5S. The Balaban J connectivity index is 1.92. The molecule has 30 heavy (non-hydrogen) atoms. The highest BCUT2D eigenvalue weighted by atomic mass is 32.2. The van der Waals surface area contributed by atoms with Crippen LogP contribution in [0.3, 0.4) is 0 Å². The number of amides is 1. The zero-order valence-electron chi connectivity index (χ0n) is 17.9. The minimum atomic E-state index is -3.70. The van der Waals surface area contributed by atoms with Crippen LogP contribution in [0.5, 0.6) is 0 Å². The van der Waals surface area contributed by atoms with E-state index in [0.717, 1.165) is 31.2 Å². The van der Waals surface area contributed by atoms with Gasteiger partial charge in [-0.25, -0.2) is 8.42 Å². The molecule has 1 saturated carbocycles. The van der Waals surface area contributed by atoms with E-state index < -0.39 is 15.4 Å². The van der Waals surface area contributed by atoms with Crippen LogP contribution in [0.25, 0.3) is 0 Å². The maximum absolute atomic E-state index is 13.2. The largest absolute Gasteiger partial charge is 0.381 e. The molecule has 2 aromatic carbocycles. The molecule has 2 aromatic rings. The number of methoxy groups -OCH3 is 2. The first kappa shape index (κ1) is 22.5. The molecule has 0 aliphatic heterocycles. The number of carbonyl (C=O) groups excluding carboxylic acids is 1. The summed E-state index contributed by atoms with van der Waals surface area (Å²) in [5.74, 6) is -0.119. The molecule has 0 saturated heterocycles. The molecule has 0 heterocycles. The molecule has 0 atom stereocenters. The van der Waals surface area contributed by atoms with Crippen LogP contribution in [-0.2, 0) is 29.7 Å². The highest BCUT2D eigenvalue weighted by Gasteiger charge is 2.37. The van der Waals surface area contributed by atoms with E-state index in [1.807, 2.05) is 6.07 Å². The summed E-state index contributed by atoms with van der Waals surface area (Å²) in [5, 5.41) is 0. The highest BCUT2D eigenvalue weighted by molar-refractivity contribution is 7.91. The summed E-state index contributed by atoms with van der Waals surface area (Å²) in [6.45, 7) is 1.46. The van der Waals surface area contributed by atoms with E-state index in [1.54, 1.807) is 51.6 Å². The lowest BCUT2D eigenvalue weighted by atomic mass is 9.78. The van der Waals surface area contributed by atoms with Gasteiger partial charge in [-0.1, -0.05) is 12.1 Å². The molecule has 1 aliphatic rings. The zero-order chi connectivity index (χ0) is 21.9. The number of anilines is 1. The Morgan fingerprint density at radius 2 is 1.67 bits per heavy atom. The van der Waals surface area contributed by atoms with Crippen LogP contribution < -0.4 is 4.90 Å². The van der Waals surface area contributed by atoms with Crippen molar-refractivity contribution in [3.63, 3.8) is 0 Å². The van der Waals surface area contributed by atoms with Crippen LogP contribution in [0.4, 0.5) is 5.69 Å². The molecule has 0 aromatic heterocycles. The zero-order valence-corrected chi connectivity index (χ0v) is 18.7. The average Bonchev–Trinajstić information content (AvgIpc) is 2.78. The number of sulfone groups is 1. The third kappa shape index (κ3) is 4.29. The number of ether oxygens (including phenoxy) is 2. The Kier molecular flexibility index (Phi) is 6.65. The number of nitrogens with zero attached hydrogens (tertiary/aromatic N) is 1. The van der Waals surface area contributed by atoms with Crippen molar-refractivity contribution in [2.45, 2.75) is 54.1 Å². The molecule has 6 nitrogen and oxygen atoms in total. The molecule has 0 radical (unpaired) electrons. The Morgan fingerprint density at radius 1 is 1.03 bits per heavy atom. The van der Waals surface area contributed by atoms with Crippen molar-refractivity contribution < 1.29 is 22.7 Å².